The summed E-state index contributed by atoms with van der Waals surface area (Å²) in [6.45, 7) is 7.85. The third-order valence-corrected chi connectivity index (χ3v) is 5.69. The van der Waals surface area contributed by atoms with Gasteiger partial charge in [-0.3, -0.25) is 4.99 Å². The van der Waals surface area contributed by atoms with Crippen molar-refractivity contribution in [2.24, 2.45) is 4.99 Å². The Morgan fingerprint density at radius 1 is 1.35 bits per heavy atom. The summed E-state index contributed by atoms with van der Waals surface area (Å²) in [5.41, 5.74) is 2.29. The Morgan fingerprint density at radius 3 is 2.85 bits per heavy atom. The van der Waals surface area contributed by atoms with Crippen molar-refractivity contribution in [3.8, 4) is 0 Å². The molecule has 1 aromatic heterocycles. The zero-order chi connectivity index (χ0) is 18.4. The Labute approximate surface area is 160 Å². The lowest BCUT2D eigenvalue weighted by Gasteiger charge is -2.29. The maximum atomic E-state index is 5.48. The number of methoxy groups -OCH3 is 1. The first-order valence-corrected chi connectivity index (χ1v) is 10.1. The Balaban J connectivity index is 1.68. The number of anilines is 2. The summed E-state index contributed by atoms with van der Waals surface area (Å²) in [5.74, 6) is 2.87. The minimum Gasteiger partial charge on any atom is -0.383 e. The second-order valence-electron chi connectivity index (χ2n) is 6.54. The molecule has 0 aliphatic carbocycles. The Bertz CT molecular complexity index is 622. The van der Waals surface area contributed by atoms with Gasteiger partial charge in [0.2, 0.25) is 0 Å². The monoisotopic (exact) mass is 379 g/mol. The molecule has 1 unspecified atom stereocenters. The van der Waals surface area contributed by atoms with Gasteiger partial charge in [0.15, 0.2) is 0 Å². The van der Waals surface area contributed by atoms with Crippen molar-refractivity contribution in [2.45, 2.75) is 18.1 Å². The summed E-state index contributed by atoms with van der Waals surface area (Å²) in [6.07, 6.45) is 0. The number of aliphatic imine (C=N–C) groups is 1. The number of hydrogen-bond donors (Lipinski definition) is 1. The molecule has 1 atom stereocenters. The van der Waals surface area contributed by atoms with Gasteiger partial charge in [0.1, 0.15) is 11.2 Å². The summed E-state index contributed by atoms with van der Waals surface area (Å²) in [4.78, 5) is 14.1. The lowest BCUT2D eigenvalue weighted by atomic mass is 10.2. The highest BCUT2D eigenvalue weighted by atomic mass is 32.2. The highest BCUT2D eigenvalue weighted by Crippen LogP contribution is 2.27. The van der Waals surface area contributed by atoms with E-state index in [0.29, 0.717) is 12.0 Å². The van der Waals surface area contributed by atoms with E-state index in [2.05, 4.69) is 41.2 Å². The maximum Gasteiger partial charge on any atom is 0.128 e. The fourth-order valence-corrected chi connectivity index (χ4v) is 4.07. The number of amidine groups is 1. The van der Waals surface area contributed by atoms with Crippen LogP contribution in [0.15, 0.2) is 17.1 Å². The van der Waals surface area contributed by atoms with E-state index in [-0.39, 0.29) is 0 Å². The van der Waals surface area contributed by atoms with Crippen LogP contribution in [0.1, 0.15) is 12.6 Å². The topological polar surface area (TPSA) is 62.2 Å². The standard InChI is InChI=1S/C18H29N5O2S/c1-14-20-18(12-22(14)2)26-13-15-10-16(23-5-8-25-9-6-23)11-17(21-15)19-4-7-24-3/h10-11,18H,4-9,12-13H2,1-3H3,(H,19,21). The molecule has 1 N–H and O–H groups in total. The van der Waals surface area contributed by atoms with Crippen LogP contribution in [-0.2, 0) is 15.2 Å². The number of thioether (sulfide) groups is 1. The number of nitrogens with zero attached hydrogens (tertiary/aromatic N) is 4. The molecule has 2 aliphatic rings. The predicted molar refractivity (Wildman–Crippen MR) is 108 cm³/mol. The molecule has 0 saturated carbocycles. The summed E-state index contributed by atoms with van der Waals surface area (Å²) in [7, 11) is 3.80. The molecule has 26 heavy (non-hydrogen) atoms. The Morgan fingerprint density at radius 2 is 2.15 bits per heavy atom. The summed E-state index contributed by atoms with van der Waals surface area (Å²) in [6, 6.07) is 4.33. The van der Waals surface area contributed by atoms with E-state index in [4.69, 9.17) is 19.5 Å². The van der Waals surface area contributed by atoms with E-state index in [1.165, 1.54) is 5.69 Å². The highest BCUT2D eigenvalue weighted by molar-refractivity contribution is 7.99. The third kappa shape index (κ3) is 5.25. The van der Waals surface area contributed by atoms with Crippen molar-refractivity contribution in [3.05, 3.63) is 17.8 Å². The summed E-state index contributed by atoms with van der Waals surface area (Å²) >= 11 is 1.85. The van der Waals surface area contributed by atoms with Crippen LogP contribution in [0.3, 0.4) is 0 Å². The predicted octanol–water partition coefficient (Wildman–Crippen LogP) is 1.90. The van der Waals surface area contributed by atoms with Crippen LogP contribution in [0.2, 0.25) is 0 Å². The minimum atomic E-state index is 0.291. The first-order chi connectivity index (χ1) is 12.7. The molecular formula is C18H29N5O2S. The average molecular weight is 380 g/mol. The van der Waals surface area contributed by atoms with Crippen LogP contribution in [-0.4, -0.2) is 81.3 Å². The van der Waals surface area contributed by atoms with Gasteiger partial charge in [-0.1, -0.05) is 0 Å². The molecule has 8 heteroatoms. The molecule has 0 bridgehead atoms. The van der Waals surface area contributed by atoms with Gasteiger partial charge in [0, 0.05) is 51.3 Å². The van der Waals surface area contributed by atoms with Crippen LogP contribution in [0.4, 0.5) is 11.5 Å². The highest BCUT2D eigenvalue weighted by Gasteiger charge is 2.20. The van der Waals surface area contributed by atoms with Crippen molar-refractivity contribution >= 4 is 29.1 Å². The lowest BCUT2D eigenvalue weighted by molar-refractivity contribution is 0.122. The molecule has 0 spiro atoms. The fourth-order valence-electron chi connectivity index (χ4n) is 3.01. The second kappa shape index (κ2) is 9.43. The van der Waals surface area contributed by atoms with Gasteiger partial charge in [-0.05, 0) is 13.0 Å². The number of pyridine rings is 1. The fraction of sp³-hybridized carbons (Fsp3) is 0.667. The van der Waals surface area contributed by atoms with E-state index < -0.39 is 0 Å². The van der Waals surface area contributed by atoms with E-state index in [9.17, 15) is 0 Å². The SMILES string of the molecule is COCCNc1cc(N2CCOCC2)cc(CSC2CN(C)C(C)=N2)n1. The van der Waals surface area contributed by atoms with Crippen molar-refractivity contribution in [3.63, 3.8) is 0 Å². The van der Waals surface area contributed by atoms with Crippen LogP contribution >= 0.6 is 11.8 Å². The number of rotatable bonds is 8. The first-order valence-electron chi connectivity index (χ1n) is 9.09. The molecule has 0 aromatic carbocycles. The number of likely N-dealkylation sites (N-methyl/N-ethyl adjacent to an activating group) is 1. The van der Waals surface area contributed by atoms with Crippen molar-refractivity contribution in [1.82, 2.24) is 9.88 Å². The number of ether oxygens (including phenoxy) is 2. The largest absolute Gasteiger partial charge is 0.383 e. The Hall–Kier alpha value is -1.51. The summed E-state index contributed by atoms with van der Waals surface area (Å²) < 4.78 is 10.6. The molecule has 3 rings (SSSR count). The molecule has 0 radical (unpaired) electrons. The molecule has 7 nitrogen and oxygen atoms in total. The molecule has 144 valence electrons. The van der Waals surface area contributed by atoms with Crippen LogP contribution in [0.25, 0.3) is 0 Å². The zero-order valence-corrected chi connectivity index (χ0v) is 16.7. The van der Waals surface area contributed by atoms with E-state index in [1.807, 2.05) is 11.8 Å². The normalized spacial score (nSPS) is 20.4. The second-order valence-corrected chi connectivity index (χ2v) is 7.71. The smallest absolute Gasteiger partial charge is 0.128 e. The molecular weight excluding hydrogens is 350 g/mol. The van der Waals surface area contributed by atoms with Gasteiger partial charge in [-0.25, -0.2) is 4.98 Å². The third-order valence-electron chi connectivity index (χ3n) is 4.59. The van der Waals surface area contributed by atoms with Crippen LogP contribution in [0, 0.1) is 0 Å². The van der Waals surface area contributed by atoms with Crippen LogP contribution in [0.5, 0.6) is 0 Å². The van der Waals surface area contributed by atoms with Crippen molar-refractivity contribution in [1.29, 1.82) is 0 Å². The maximum absolute atomic E-state index is 5.48. The van der Waals surface area contributed by atoms with E-state index in [0.717, 1.165) is 62.5 Å². The number of morpholine rings is 1. The van der Waals surface area contributed by atoms with Gasteiger partial charge in [0.05, 0.1) is 37.9 Å². The molecule has 2 aliphatic heterocycles. The van der Waals surface area contributed by atoms with Gasteiger partial charge < -0.3 is 24.6 Å². The molecule has 1 fully saturated rings. The van der Waals surface area contributed by atoms with Gasteiger partial charge in [-0.15, -0.1) is 11.8 Å². The number of nitrogens with one attached hydrogen (secondary N) is 1. The Kier molecular flexibility index (Phi) is 6.99. The van der Waals surface area contributed by atoms with E-state index >= 15 is 0 Å². The summed E-state index contributed by atoms with van der Waals surface area (Å²) in [5, 5.41) is 3.66. The minimum absolute atomic E-state index is 0.291. The number of hydrogen-bond acceptors (Lipinski definition) is 8. The average Bonchev–Trinajstić information content (AvgIpc) is 2.99. The molecule has 1 aromatic rings. The van der Waals surface area contributed by atoms with Gasteiger partial charge >= 0.3 is 0 Å². The van der Waals surface area contributed by atoms with E-state index in [1.54, 1.807) is 7.11 Å². The van der Waals surface area contributed by atoms with Crippen molar-refractivity contribution in [2.75, 3.05) is 70.4 Å². The first kappa shape index (κ1) is 19.3. The van der Waals surface area contributed by atoms with Gasteiger partial charge in [0.25, 0.3) is 0 Å². The van der Waals surface area contributed by atoms with Gasteiger partial charge in [-0.2, -0.15) is 0 Å². The molecule has 0 amide bonds. The molecule has 3 heterocycles. The molecule has 1 saturated heterocycles. The van der Waals surface area contributed by atoms with Crippen LogP contribution < -0.4 is 10.2 Å². The lowest BCUT2D eigenvalue weighted by Crippen LogP contribution is -2.36. The zero-order valence-electron chi connectivity index (χ0n) is 15.9. The quantitative estimate of drug-likeness (QED) is 0.692. The number of aromatic nitrogens is 1. The van der Waals surface area contributed by atoms with Crippen molar-refractivity contribution < 1.29 is 9.47 Å².